The Balaban J connectivity index is 1.27. The van der Waals surface area contributed by atoms with E-state index in [0.717, 1.165) is 5.56 Å². The molecule has 2 amide bonds. The maximum atomic E-state index is 14.7. The van der Waals surface area contributed by atoms with Crippen LogP contribution in [0.2, 0.25) is 18.6 Å². The summed E-state index contributed by atoms with van der Waals surface area (Å²) in [6.45, 7) is 6.02. The summed E-state index contributed by atoms with van der Waals surface area (Å²) in [5.41, 5.74) is 1.27. The lowest BCUT2D eigenvalue weighted by molar-refractivity contribution is -0.385. The SMILES string of the molecule is COc1ccc(C(=O)Nc2ccc(CN3C(=O)[C@@]4(O[C@@H](CCn5cc(CCO)nn5)[C@H]([Si](C)(C)O)[C@H]4C)c4cc([N+](=O)[O-])ccc43)cc2)cc1. The topological polar surface area (TPSA) is 182 Å². The average molecular weight is 701 g/mol. The summed E-state index contributed by atoms with van der Waals surface area (Å²) in [5, 5.41) is 32.3. The predicted molar refractivity (Wildman–Crippen MR) is 186 cm³/mol. The Bertz CT molecular complexity index is 1890. The van der Waals surface area contributed by atoms with Gasteiger partial charge in [0.25, 0.3) is 17.5 Å². The van der Waals surface area contributed by atoms with Gasteiger partial charge in [0.1, 0.15) is 5.75 Å². The van der Waals surface area contributed by atoms with E-state index in [2.05, 4.69) is 15.6 Å². The lowest BCUT2D eigenvalue weighted by atomic mass is 9.82. The number of nitrogens with one attached hydrogen (secondary N) is 1. The van der Waals surface area contributed by atoms with Crippen molar-refractivity contribution in [1.29, 1.82) is 0 Å². The molecular weight excluding hydrogens is 661 g/mol. The number of hydrogen-bond acceptors (Lipinski definition) is 10. The van der Waals surface area contributed by atoms with Gasteiger partial charge in [-0.15, -0.1) is 5.10 Å². The molecule has 50 heavy (non-hydrogen) atoms. The van der Waals surface area contributed by atoms with Crippen LogP contribution in [0.3, 0.4) is 0 Å². The summed E-state index contributed by atoms with van der Waals surface area (Å²) in [7, 11) is -1.41. The fraction of sp³-hybridized carbons (Fsp3) is 0.371. The third-order valence-electron chi connectivity index (χ3n) is 9.68. The number of carbonyl (C=O) groups excluding carboxylic acids is 2. The molecular formula is C35H40N6O8Si. The summed E-state index contributed by atoms with van der Waals surface area (Å²) in [4.78, 5) is 52.1. The Morgan fingerprint density at radius 1 is 1.14 bits per heavy atom. The van der Waals surface area contributed by atoms with Crippen LogP contribution in [0.15, 0.2) is 72.9 Å². The van der Waals surface area contributed by atoms with Crippen LogP contribution in [-0.2, 0) is 34.6 Å². The minimum Gasteiger partial charge on any atom is -0.497 e. The van der Waals surface area contributed by atoms with Gasteiger partial charge in [-0.25, -0.2) is 0 Å². The van der Waals surface area contributed by atoms with Gasteiger partial charge in [-0.1, -0.05) is 24.3 Å². The van der Waals surface area contributed by atoms with Crippen LogP contribution in [0.5, 0.6) is 5.75 Å². The Kier molecular flexibility index (Phi) is 9.59. The minimum absolute atomic E-state index is 0.0493. The van der Waals surface area contributed by atoms with Gasteiger partial charge in [0.2, 0.25) is 0 Å². The normalized spacial score (nSPS) is 21.4. The van der Waals surface area contributed by atoms with Crippen molar-refractivity contribution in [1.82, 2.24) is 15.0 Å². The number of aryl methyl sites for hydroxylation is 1. The average Bonchev–Trinajstić information content (AvgIpc) is 3.74. The molecule has 3 aromatic carbocycles. The van der Waals surface area contributed by atoms with Crippen molar-refractivity contribution in [2.45, 2.75) is 63.2 Å². The minimum atomic E-state index is -2.97. The molecule has 14 nitrogen and oxygen atoms in total. The number of amides is 2. The van der Waals surface area contributed by atoms with Crippen molar-refractivity contribution in [3.63, 3.8) is 0 Å². The van der Waals surface area contributed by atoms with Gasteiger partial charge in [-0.05, 0) is 67.5 Å². The number of rotatable bonds is 12. The number of anilines is 2. The third-order valence-corrected chi connectivity index (χ3v) is 12.2. The highest BCUT2D eigenvalue weighted by atomic mass is 28.4. The number of carbonyl (C=O) groups is 2. The van der Waals surface area contributed by atoms with E-state index in [9.17, 15) is 29.6 Å². The van der Waals surface area contributed by atoms with Crippen LogP contribution in [0.25, 0.3) is 0 Å². The molecule has 3 heterocycles. The summed E-state index contributed by atoms with van der Waals surface area (Å²) in [6, 6.07) is 18.3. The number of aliphatic hydroxyl groups is 1. The maximum Gasteiger partial charge on any atom is 0.269 e. The molecule has 0 radical (unpaired) electrons. The number of benzene rings is 3. The van der Waals surface area contributed by atoms with E-state index in [-0.39, 0.29) is 36.2 Å². The summed E-state index contributed by atoms with van der Waals surface area (Å²) < 4.78 is 13.6. The number of hydrogen-bond donors (Lipinski definition) is 3. The number of methoxy groups -OCH3 is 1. The second kappa shape index (κ2) is 13.7. The number of aromatic nitrogens is 3. The monoisotopic (exact) mass is 700 g/mol. The van der Waals surface area contributed by atoms with Crippen molar-refractivity contribution >= 4 is 37.2 Å². The number of nitro groups is 1. The Morgan fingerprint density at radius 2 is 1.86 bits per heavy atom. The molecule has 0 unspecified atom stereocenters. The molecule has 15 heteroatoms. The van der Waals surface area contributed by atoms with Crippen molar-refractivity contribution in [3.05, 3.63) is 105 Å². The largest absolute Gasteiger partial charge is 0.497 e. The zero-order valence-electron chi connectivity index (χ0n) is 28.3. The van der Waals surface area contributed by atoms with Crippen LogP contribution in [0.1, 0.15) is 40.5 Å². The fourth-order valence-electron chi connectivity index (χ4n) is 7.36. The second-order valence-corrected chi connectivity index (χ2v) is 17.3. The smallest absolute Gasteiger partial charge is 0.269 e. The molecule has 0 aliphatic carbocycles. The molecule has 1 fully saturated rings. The first-order chi connectivity index (χ1) is 23.8. The molecule has 0 bridgehead atoms. The van der Waals surface area contributed by atoms with Gasteiger partial charge in [0.05, 0.1) is 36.1 Å². The van der Waals surface area contributed by atoms with E-state index in [4.69, 9.17) is 9.47 Å². The fourth-order valence-corrected chi connectivity index (χ4v) is 9.97. The quantitative estimate of drug-likeness (QED) is 0.109. The van der Waals surface area contributed by atoms with Crippen LogP contribution < -0.4 is 15.0 Å². The van der Waals surface area contributed by atoms with Crippen molar-refractivity contribution in [2.24, 2.45) is 5.92 Å². The van der Waals surface area contributed by atoms with E-state index in [1.54, 1.807) is 65.4 Å². The molecule has 262 valence electrons. The first-order valence-electron chi connectivity index (χ1n) is 16.4. The van der Waals surface area contributed by atoms with Crippen LogP contribution in [0.4, 0.5) is 17.1 Å². The lowest BCUT2D eigenvalue weighted by Crippen LogP contribution is -2.46. The van der Waals surface area contributed by atoms with E-state index in [0.29, 0.717) is 53.3 Å². The number of ether oxygens (including phenoxy) is 2. The van der Waals surface area contributed by atoms with Gasteiger partial charge in [-0.2, -0.15) is 0 Å². The first kappa shape index (κ1) is 34.9. The number of non-ortho nitro benzene ring substituents is 1. The number of fused-ring (bicyclic) bond motifs is 2. The Morgan fingerprint density at radius 3 is 2.50 bits per heavy atom. The molecule has 2 aliphatic rings. The number of nitrogens with zero attached hydrogens (tertiary/aromatic N) is 5. The zero-order chi connectivity index (χ0) is 35.8. The van der Waals surface area contributed by atoms with Crippen molar-refractivity contribution in [2.75, 3.05) is 23.9 Å². The summed E-state index contributed by atoms with van der Waals surface area (Å²) in [6.07, 6.45) is 1.99. The molecule has 2 aliphatic heterocycles. The molecule has 0 saturated carbocycles. The van der Waals surface area contributed by atoms with Crippen molar-refractivity contribution < 1.29 is 33.9 Å². The third kappa shape index (κ3) is 6.52. The number of nitro benzene ring substituents is 1. The van der Waals surface area contributed by atoms with Gasteiger partial charge >= 0.3 is 0 Å². The van der Waals surface area contributed by atoms with Crippen molar-refractivity contribution in [3.8, 4) is 5.75 Å². The standard InChI is InChI=1S/C35H40N6O8Si/c1-22-32(50(3,4)47)31(15-17-39-21-26(16-18-42)37-38-39)49-35(22)29-19-27(41(45)46)11-14-30(29)40(34(35)44)20-23-5-9-25(10-6-23)36-33(43)24-7-12-28(48-2)13-8-24/h5-14,19,21-22,31-32,42,47H,15-18,20H2,1-4H3,(H,36,43)/t22-,31+,32-,35+/m1/s1. The second-order valence-electron chi connectivity index (χ2n) is 13.3. The highest BCUT2D eigenvalue weighted by molar-refractivity contribution is 6.71. The molecule has 6 rings (SSSR count). The van der Waals surface area contributed by atoms with Crippen LogP contribution in [-0.4, -0.2) is 69.8 Å². The van der Waals surface area contributed by atoms with E-state index < -0.39 is 30.9 Å². The first-order valence-corrected chi connectivity index (χ1v) is 19.4. The number of aliphatic hydroxyl groups excluding tert-OH is 1. The Labute approximate surface area is 289 Å². The lowest BCUT2D eigenvalue weighted by Gasteiger charge is -2.32. The van der Waals surface area contributed by atoms with E-state index in [1.165, 1.54) is 12.1 Å². The molecule has 1 spiro atoms. The predicted octanol–water partition coefficient (Wildman–Crippen LogP) is 4.42. The summed E-state index contributed by atoms with van der Waals surface area (Å²) >= 11 is 0. The maximum absolute atomic E-state index is 14.7. The van der Waals surface area contributed by atoms with Gasteiger partial charge in [0, 0.05) is 66.2 Å². The van der Waals surface area contributed by atoms with Gasteiger partial charge in [-0.3, -0.25) is 24.4 Å². The van der Waals surface area contributed by atoms with Crippen LogP contribution in [0, 0.1) is 16.0 Å². The van der Waals surface area contributed by atoms with E-state index >= 15 is 0 Å². The molecule has 4 atom stereocenters. The van der Waals surface area contributed by atoms with Gasteiger partial charge < -0.3 is 29.6 Å². The van der Waals surface area contributed by atoms with E-state index in [1.807, 2.05) is 32.2 Å². The molecule has 3 N–H and O–H groups in total. The highest BCUT2D eigenvalue weighted by Crippen LogP contribution is 2.60. The highest BCUT2D eigenvalue weighted by Gasteiger charge is 2.66. The molecule has 1 aromatic heterocycles. The Hall–Kier alpha value is -4.96. The summed E-state index contributed by atoms with van der Waals surface area (Å²) in [5.74, 6) is -0.497. The van der Waals surface area contributed by atoms with Crippen LogP contribution >= 0.6 is 0 Å². The zero-order valence-corrected chi connectivity index (χ0v) is 29.3. The van der Waals surface area contributed by atoms with Gasteiger partial charge in [0.15, 0.2) is 13.9 Å². The molecule has 4 aromatic rings. The molecule has 1 saturated heterocycles.